The van der Waals surface area contributed by atoms with Gasteiger partial charge in [-0.1, -0.05) is 18.2 Å². The zero-order valence-electron chi connectivity index (χ0n) is 9.99. The normalized spacial score (nSPS) is 23.6. The van der Waals surface area contributed by atoms with Crippen molar-refractivity contribution in [2.24, 2.45) is 0 Å². The summed E-state index contributed by atoms with van der Waals surface area (Å²) in [5.41, 5.74) is 3.86. The molecule has 2 aliphatic rings. The maximum Gasteiger partial charge on any atom is 0.412 e. The summed E-state index contributed by atoms with van der Waals surface area (Å²) in [6.45, 7) is 2.12. The number of nitrogens with one attached hydrogen (secondary N) is 1. The summed E-state index contributed by atoms with van der Waals surface area (Å²) in [6.07, 6.45) is 5.22. The van der Waals surface area contributed by atoms with Crippen LogP contribution in [0, 0.1) is 6.92 Å². The second-order valence-corrected chi connectivity index (χ2v) is 4.68. The molecule has 0 saturated heterocycles. The molecule has 3 rings (SSSR count). The number of carbonyl (C=O) groups excluding carboxylic acids is 1. The topological polar surface area (TPSA) is 38.3 Å². The molecule has 2 bridgehead atoms. The standard InChI is InChI=1S/C14H15NO2/c1-8-3-6-11(17-14(16)15-2)13-10-5-4-9(7-10)12(8)13/h3-6,9-10H,7H2,1-2H3,(H,15,16). The minimum Gasteiger partial charge on any atom is -0.410 e. The van der Waals surface area contributed by atoms with Gasteiger partial charge in [-0.2, -0.15) is 0 Å². The number of carbonyl (C=O) groups is 1. The highest BCUT2D eigenvalue weighted by molar-refractivity contribution is 5.72. The highest BCUT2D eigenvalue weighted by atomic mass is 16.6. The fraction of sp³-hybridized carbons (Fsp3) is 0.357. The fourth-order valence-corrected chi connectivity index (χ4v) is 2.97. The van der Waals surface area contributed by atoms with Gasteiger partial charge in [-0.3, -0.25) is 0 Å². The predicted octanol–water partition coefficient (Wildman–Crippen LogP) is 2.85. The van der Waals surface area contributed by atoms with Gasteiger partial charge < -0.3 is 10.1 Å². The minimum absolute atomic E-state index is 0.400. The Hall–Kier alpha value is -1.77. The van der Waals surface area contributed by atoms with Crippen molar-refractivity contribution in [1.29, 1.82) is 0 Å². The first kappa shape index (κ1) is 10.4. The molecule has 0 radical (unpaired) electrons. The Morgan fingerprint density at radius 3 is 2.71 bits per heavy atom. The molecule has 1 N–H and O–H groups in total. The number of amides is 1. The van der Waals surface area contributed by atoms with Gasteiger partial charge in [0.1, 0.15) is 5.75 Å². The highest BCUT2D eigenvalue weighted by Crippen LogP contribution is 2.52. The van der Waals surface area contributed by atoms with Crippen molar-refractivity contribution in [1.82, 2.24) is 5.32 Å². The number of hydrogen-bond donors (Lipinski definition) is 1. The number of hydrogen-bond acceptors (Lipinski definition) is 2. The molecule has 17 heavy (non-hydrogen) atoms. The molecule has 3 nitrogen and oxygen atoms in total. The fourth-order valence-electron chi connectivity index (χ4n) is 2.97. The van der Waals surface area contributed by atoms with Crippen LogP contribution in [0.3, 0.4) is 0 Å². The van der Waals surface area contributed by atoms with Crippen LogP contribution in [0.2, 0.25) is 0 Å². The van der Waals surface area contributed by atoms with Crippen LogP contribution < -0.4 is 10.1 Å². The van der Waals surface area contributed by atoms with E-state index >= 15 is 0 Å². The number of allylic oxidation sites excluding steroid dienone is 2. The van der Waals surface area contributed by atoms with E-state index < -0.39 is 6.09 Å². The number of fused-ring (bicyclic) bond motifs is 5. The third-order valence-corrected chi connectivity index (χ3v) is 3.70. The summed E-state index contributed by atoms with van der Waals surface area (Å²) < 4.78 is 5.33. The summed E-state index contributed by atoms with van der Waals surface area (Å²) in [5.74, 6) is 1.65. The zero-order chi connectivity index (χ0) is 12.0. The number of aryl methyl sites for hydroxylation is 1. The first-order chi connectivity index (χ1) is 8.20. The lowest BCUT2D eigenvalue weighted by Gasteiger charge is -2.17. The molecule has 88 valence electrons. The van der Waals surface area contributed by atoms with E-state index in [1.165, 1.54) is 16.7 Å². The summed E-state index contributed by atoms with van der Waals surface area (Å²) in [6, 6.07) is 3.93. The molecule has 2 atom stereocenters. The molecule has 0 fully saturated rings. The van der Waals surface area contributed by atoms with Gasteiger partial charge in [-0.05, 0) is 30.5 Å². The third-order valence-electron chi connectivity index (χ3n) is 3.70. The van der Waals surface area contributed by atoms with Crippen LogP contribution in [0.4, 0.5) is 4.79 Å². The Bertz CT molecular complexity index is 519. The zero-order valence-corrected chi connectivity index (χ0v) is 9.99. The molecule has 1 aromatic carbocycles. The van der Waals surface area contributed by atoms with Crippen molar-refractivity contribution in [3.63, 3.8) is 0 Å². The number of ether oxygens (including phenoxy) is 1. The van der Waals surface area contributed by atoms with Gasteiger partial charge in [-0.25, -0.2) is 4.79 Å². The lowest BCUT2D eigenvalue weighted by Crippen LogP contribution is -2.22. The SMILES string of the molecule is CNC(=O)Oc1ccc(C)c2c1C1C=CC2C1. The summed E-state index contributed by atoms with van der Waals surface area (Å²) in [7, 11) is 1.57. The lowest BCUT2D eigenvalue weighted by molar-refractivity contribution is 0.202. The molecule has 0 heterocycles. The second kappa shape index (κ2) is 3.62. The maximum absolute atomic E-state index is 11.3. The Kier molecular flexibility index (Phi) is 2.21. The van der Waals surface area contributed by atoms with Gasteiger partial charge in [0.05, 0.1) is 0 Å². The first-order valence-corrected chi connectivity index (χ1v) is 5.92. The van der Waals surface area contributed by atoms with Crippen molar-refractivity contribution < 1.29 is 9.53 Å². The van der Waals surface area contributed by atoms with Crippen molar-refractivity contribution in [2.75, 3.05) is 7.05 Å². The molecule has 2 unspecified atom stereocenters. The first-order valence-electron chi connectivity index (χ1n) is 5.92. The van der Waals surface area contributed by atoms with Gasteiger partial charge in [0.25, 0.3) is 0 Å². The van der Waals surface area contributed by atoms with E-state index in [-0.39, 0.29) is 0 Å². The highest BCUT2D eigenvalue weighted by Gasteiger charge is 2.36. The largest absolute Gasteiger partial charge is 0.412 e. The quantitative estimate of drug-likeness (QED) is 0.752. The molecule has 3 heteroatoms. The Balaban J connectivity index is 2.06. The van der Waals surface area contributed by atoms with Crippen LogP contribution >= 0.6 is 0 Å². The molecular weight excluding hydrogens is 214 g/mol. The van der Waals surface area contributed by atoms with E-state index in [4.69, 9.17) is 4.74 Å². The molecule has 2 aliphatic carbocycles. The molecule has 0 saturated carbocycles. The van der Waals surface area contributed by atoms with Crippen LogP contribution in [0.1, 0.15) is 34.9 Å². The molecule has 1 aromatic rings. The molecular formula is C14H15NO2. The van der Waals surface area contributed by atoms with Crippen molar-refractivity contribution >= 4 is 6.09 Å². The predicted molar refractivity (Wildman–Crippen MR) is 65.5 cm³/mol. The van der Waals surface area contributed by atoms with E-state index in [0.29, 0.717) is 17.6 Å². The van der Waals surface area contributed by atoms with Crippen molar-refractivity contribution in [3.8, 4) is 5.75 Å². The molecule has 0 spiro atoms. The average molecular weight is 229 g/mol. The van der Waals surface area contributed by atoms with Crippen LogP contribution in [0.5, 0.6) is 5.75 Å². The Labute approximate surface area is 100 Å². The summed E-state index contributed by atoms with van der Waals surface area (Å²) in [5, 5.41) is 2.48. The average Bonchev–Trinajstić information content (AvgIpc) is 2.93. The van der Waals surface area contributed by atoms with E-state index in [9.17, 15) is 4.79 Å². The second-order valence-electron chi connectivity index (χ2n) is 4.68. The summed E-state index contributed by atoms with van der Waals surface area (Å²) in [4.78, 5) is 11.3. The van der Waals surface area contributed by atoms with Crippen molar-refractivity contribution in [2.45, 2.75) is 25.2 Å². The van der Waals surface area contributed by atoms with Crippen molar-refractivity contribution in [3.05, 3.63) is 41.0 Å². The number of rotatable bonds is 1. The van der Waals surface area contributed by atoms with Gasteiger partial charge in [0, 0.05) is 24.4 Å². The molecule has 0 aliphatic heterocycles. The monoisotopic (exact) mass is 229 g/mol. The summed E-state index contributed by atoms with van der Waals surface area (Å²) >= 11 is 0. The van der Waals surface area contributed by atoms with Gasteiger partial charge in [0.2, 0.25) is 0 Å². The maximum atomic E-state index is 11.3. The number of benzene rings is 1. The lowest BCUT2D eigenvalue weighted by atomic mass is 9.92. The van der Waals surface area contributed by atoms with Crippen LogP contribution in [-0.2, 0) is 0 Å². The van der Waals surface area contributed by atoms with E-state index in [2.05, 4.69) is 24.4 Å². The van der Waals surface area contributed by atoms with E-state index in [1.54, 1.807) is 7.05 Å². The van der Waals surface area contributed by atoms with Crippen LogP contribution in [0.25, 0.3) is 0 Å². The third kappa shape index (κ3) is 1.46. The molecule has 0 aromatic heterocycles. The van der Waals surface area contributed by atoms with Gasteiger partial charge in [-0.15, -0.1) is 0 Å². The van der Waals surface area contributed by atoms with E-state index in [0.717, 1.165) is 6.42 Å². The van der Waals surface area contributed by atoms with Crippen LogP contribution in [0.15, 0.2) is 24.3 Å². The Morgan fingerprint density at radius 2 is 2.00 bits per heavy atom. The Morgan fingerprint density at radius 1 is 1.29 bits per heavy atom. The van der Waals surface area contributed by atoms with E-state index in [1.807, 2.05) is 12.1 Å². The molecule has 1 amide bonds. The smallest absolute Gasteiger partial charge is 0.410 e. The van der Waals surface area contributed by atoms with Gasteiger partial charge >= 0.3 is 6.09 Å². The minimum atomic E-state index is -0.400. The van der Waals surface area contributed by atoms with Gasteiger partial charge in [0.15, 0.2) is 0 Å². The van der Waals surface area contributed by atoms with Crippen LogP contribution in [-0.4, -0.2) is 13.1 Å².